The minimum Gasteiger partial charge on any atom is -0.277 e. The Balaban J connectivity index is 0.654. The second kappa shape index (κ2) is 15.5. The highest BCUT2D eigenvalue weighted by atomic mass is 16.2. The maximum absolute atomic E-state index is 15.2. The van der Waals surface area contributed by atoms with Crippen molar-refractivity contribution in [3.05, 3.63) is 212 Å². The van der Waals surface area contributed by atoms with Crippen LogP contribution in [0.1, 0.15) is 124 Å². The van der Waals surface area contributed by atoms with E-state index in [1.165, 1.54) is 38.4 Å². The fraction of sp³-hybridized carbons (Fsp3) is 0.0270. The second-order valence-corrected chi connectivity index (χ2v) is 24.5. The molecule has 0 atom stereocenters. The van der Waals surface area contributed by atoms with E-state index in [0.717, 1.165) is 9.80 Å². The summed E-state index contributed by atoms with van der Waals surface area (Å²) in [5, 5.41) is 15.8. The summed E-state index contributed by atoms with van der Waals surface area (Å²) in [4.78, 5) is 177. The standard InChI is InChI=1S/C74H30N6O12/c1-75-63(81)39-15-3-27-31-7-19-43-59-44(20-8-32(53(31)59)28-4-16-40(64(75)82)57(39)51(27)28)68(86)77(67(43)85)79-71(89)47-23-11-35-37-13-25-49-62-50(26-14-38(56(37)62)36-12-24-48(72(79)90)61(47)55(35)36)74(92)80(73(49)91)78-69(87)45-21-9-33-29-5-17-41-58-42(66(84)76(2)65(41)83)18-6-30(52(29)58)34-10-22-46(70(78)88)60(45)54(33)34/h3-26H,1-2H3. The summed E-state index contributed by atoms with van der Waals surface area (Å²) >= 11 is 0. The number of amides is 12. The number of benzene rings is 15. The molecular formula is C74H30N6O12. The SMILES string of the molecule is CN1C(=O)c2ccc3c4ccc5c6c(ccc(c7ccc(c2c37)C1=O)c64)C(=O)N(N1C(=O)c2ccc3c4ccc6c7c(ccc(c8ccc(c2c38)C1=O)c74)C(=O)N(N1C(=O)c2ccc3c4ccc7c8c(ccc(c9ccc(c2c39)C1=O)c84)C(=O)N(C)C7=O)C6=O)C5=O. The maximum atomic E-state index is 15.2. The van der Waals surface area contributed by atoms with E-state index >= 15 is 38.4 Å². The summed E-state index contributed by atoms with van der Waals surface area (Å²) in [6, 6.07) is 39.9. The Labute approximate surface area is 511 Å². The van der Waals surface area contributed by atoms with Gasteiger partial charge in [-0.25, -0.2) is 0 Å². The van der Waals surface area contributed by atoms with Gasteiger partial charge in [-0.3, -0.25) is 67.3 Å². The molecule has 92 heavy (non-hydrogen) atoms. The predicted molar refractivity (Wildman–Crippen MR) is 338 cm³/mol. The molecule has 0 fully saturated rings. The van der Waals surface area contributed by atoms with E-state index in [-0.39, 0.29) is 55.3 Å². The Morgan fingerprint density at radius 1 is 0.152 bits per heavy atom. The number of hydrogen-bond donors (Lipinski definition) is 0. The van der Waals surface area contributed by atoms with Gasteiger partial charge in [0, 0.05) is 68.7 Å². The lowest BCUT2D eigenvalue weighted by atomic mass is 9.82. The molecule has 0 spiro atoms. The topological polar surface area (TPSA) is 224 Å². The first-order chi connectivity index (χ1) is 44.5. The van der Waals surface area contributed by atoms with Crippen LogP contribution in [-0.4, -0.2) is 115 Å². The van der Waals surface area contributed by atoms with Gasteiger partial charge in [0.2, 0.25) is 0 Å². The molecule has 15 aromatic rings. The number of hydrogen-bond acceptors (Lipinski definition) is 12. The molecule has 0 aromatic heterocycles. The van der Waals surface area contributed by atoms with Crippen molar-refractivity contribution in [3.8, 4) is 0 Å². The molecule has 6 aliphatic heterocycles. The van der Waals surface area contributed by atoms with Gasteiger partial charge in [-0.05, 0) is 170 Å². The van der Waals surface area contributed by atoms with Gasteiger partial charge in [0.15, 0.2) is 0 Å². The summed E-state index contributed by atoms with van der Waals surface area (Å²) < 4.78 is 0. The Bertz CT molecular complexity index is 5850. The van der Waals surface area contributed by atoms with Crippen LogP contribution in [0.2, 0.25) is 0 Å². The van der Waals surface area contributed by atoms with Crippen molar-refractivity contribution in [2.45, 2.75) is 0 Å². The zero-order valence-electron chi connectivity index (χ0n) is 47.4. The predicted octanol–water partition coefficient (Wildman–Crippen LogP) is 11.9. The van der Waals surface area contributed by atoms with Crippen molar-refractivity contribution < 1.29 is 57.5 Å². The first kappa shape index (κ1) is 49.1. The monoisotopic (exact) mass is 1190 g/mol. The largest absolute Gasteiger partial charge is 0.281 e. The molecule has 0 N–H and O–H groups in total. The van der Waals surface area contributed by atoms with Gasteiger partial charge >= 0.3 is 0 Å². The lowest BCUT2D eigenvalue weighted by Crippen LogP contribution is -2.58. The summed E-state index contributed by atoms with van der Waals surface area (Å²) in [7, 11) is 2.88. The molecule has 18 nitrogen and oxygen atoms in total. The first-order valence-electron chi connectivity index (χ1n) is 29.4. The summed E-state index contributed by atoms with van der Waals surface area (Å²) in [5.41, 5.74) is 1.88. The van der Waals surface area contributed by atoms with E-state index in [9.17, 15) is 19.2 Å². The van der Waals surface area contributed by atoms with Crippen LogP contribution >= 0.6 is 0 Å². The average Bonchev–Trinajstić information content (AvgIpc) is 0.697. The summed E-state index contributed by atoms with van der Waals surface area (Å²) in [6.45, 7) is 0. The van der Waals surface area contributed by atoms with Gasteiger partial charge in [0.05, 0.1) is 44.5 Å². The van der Waals surface area contributed by atoms with Gasteiger partial charge in [-0.1, -0.05) is 72.8 Å². The Kier molecular flexibility index (Phi) is 8.25. The van der Waals surface area contributed by atoms with Gasteiger partial charge in [-0.15, -0.1) is 0 Å². The van der Waals surface area contributed by atoms with Crippen molar-refractivity contribution in [3.63, 3.8) is 0 Å². The number of hydrazine groups is 2. The number of carbonyl (C=O) groups is 12. The molecule has 0 saturated carbocycles. The van der Waals surface area contributed by atoms with Gasteiger partial charge in [0.25, 0.3) is 70.9 Å². The normalized spacial score (nSPS) is 16.5. The fourth-order valence-electron chi connectivity index (χ4n) is 16.7. The lowest BCUT2D eigenvalue weighted by Gasteiger charge is -2.37. The maximum Gasteiger partial charge on any atom is 0.281 e. The number of nitrogens with zero attached hydrogens (tertiary/aromatic N) is 6. The van der Waals surface area contributed by atoms with E-state index < -0.39 is 70.9 Å². The number of imide groups is 6. The van der Waals surface area contributed by atoms with Crippen LogP contribution in [0.3, 0.4) is 0 Å². The molecule has 12 amide bonds. The fourth-order valence-corrected chi connectivity index (χ4v) is 16.7. The van der Waals surface area contributed by atoms with Crippen LogP contribution in [-0.2, 0) is 0 Å². The van der Waals surface area contributed by atoms with Crippen LogP contribution in [0, 0.1) is 0 Å². The molecular weight excluding hydrogens is 1160 g/mol. The van der Waals surface area contributed by atoms with E-state index in [0.29, 0.717) is 161 Å². The minimum absolute atomic E-state index is 0.0261. The highest BCUT2D eigenvalue weighted by molar-refractivity contribution is 6.46. The molecule has 0 radical (unpaired) electrons. The van der Waals surface area contributed by atoms with Crippen LogP contribution in [0.15, 0.2) is 146 Å². The Hall–Kier alpha value is -13.0. The second-order valence-electron chi connectivity index (χ2n) is 24.5. The van der Waals surface area contributed by atoms with Crippen molar-refractivity contribution in [2.75, 3.05) is 14.1 Å². The van der Waals surface area contributed by atoms with Crippen LogP contribution in [0.4, 0.5) is 0 Å². The smallest absolute Gasteiger partial charge is 0.277 e. The molecule has 21 rings (SSSR count). The van der Waals surface area contributed by atoms with Crippen molar-refractivity contribution >= 4 is 200 Å². The number of rotatable bonds is 2. The van der Waals surface area contributed by atoms with Crippen molar-refractivity contribution in [1.82, 2.24) is 29.8 Å². The minimum atomic E-state index is -0.932. The Morgan fingerprint density at radius 3 is 0.380 bits per heavy atom. The van der Waals surface area contributed by atoms with E-state index in [1.54, 1.807) is 121 Å². The zero-order valence-corrected chi connectivity index (χ0v) is 47.4. The third kappa shape index (κ3) is 5.12. The molecule has 0 unspecified atom stereocenters. The lowest BCUT2D eigenvalue weighted by molar-refractivity contribution is 0.00213. The summed E-state index contributed by atoms with van der Waals surface area (Å²) in [5.74, 6) is -9.08. The molecule has 0 bridgehead atoms. The highest BCUT2D eigenvalue weighted by Crippen LogP contribution is 2.52. The molecule has 0 saturated heterocycles. The van der Waals surface area contributed by atoms with Gasteiger partial charge < -0.3 is 0 Å². The zero-order chi connectivity index (χ0) is 62.1. The van der Waals surface area contributed by atoms with Gasteiger partial charge in [0.1, 0.15) is 0 Å². The quantitative estimate of drug-likeness (QED) is 0.0895. The molecule has 428 valence electrons. The third-order valence-corrected chi connectivity index (χ3v) is 20.6. The van der Waals surface area contributed by atoms with Crippen LogP contribution in [0.5, 0.6) is 0 Å². The molecule has 18 heteroatoms. The first-order valence-corrected chi connectivity index (χ1v) is 29.4. The Morgan fingerprint density at radius 2 is 0.261 bits per heavy atom. The molecule has 6 heterocycles. The van der Waals surface area contributed by atoms with E-state index in [1.807, 2.05) is 0 Å². The third-order valence-electron chi connectivity index (χ3n) is 20.6. The number of carbonyl (C=O) groups excluding carboxylic acids is 12. The number of fused-ring (bicyclic) bond motifs is 6. The molecule has 6 aliphatic rings. The highest BCUT2D eigenvalue weighted by Gasteiger charge is 2.49. The van der Waals surface area contributed by atoms with Gasteiger partial charge in [-0.2, -0.15) is 20.0 Å². The average molecular weight is 1200 g/mol. The van der Waals surface area contributed by atoms with Crippen LogP contribution in [0.25, 0.3) is 129 Å². The van der Waals surface area contributed by atoms with Crippen molar-refractivity contribution in [1.29, 1.82) is 0 Å². The molecule has 0 aliphatic carbocycles. The van der Waals surface area contributed by atoms with Crippen molar-refractivity contribution in [2.24, 2.45) is 0 Å². The van der Waals surface area contributed by atoms with Crippen LogP contribution < -0.4 is 0 Å². The molecule has 15 aromatic carbocycles. The summed E-state index contributed by atoms with van der Waals surface area (Å²) in [6.07, 6.45) is 0. The van der Waals surface area contributed by atoms with E-state index in [4.69, 9.17) is 0 Å². The van der Waals surface area contributed by atoms with E-state index in [2.05, 4.69) is 0 Å².